The minimum Gasteiger partial charge on any atom is -0.346 e. The molecule has 2 N–H and O–H groups in total. The van der Waals surface area contributed by atoms with Gasteiger partial charge in [-0.1, -0.05) is 24.3 Å². The summed E-state index contributed by atoms with van der Waals surface area (Å²) >= 11 is 0. The van der Waals surface area contributed by atoms with Crippen LogP contribution in [-0.4, -0.2) is 19.3 Å². The van der Waals surface area contributed by atoms with Crippen LogP contribution in [0.25, 0.3) is 0 Å². The zero-order valence-corrected chi connectivity index (χ0v) is 16.8. The van der Waals surface area contributed by atoms with E-state index in [-0.39, 0.29) is 22.7 Å². The van der Waals surface area contributed by atoms with Crippen molar-refractivity contribution in [3.8, 4) is 0 Å². The predicted octanol–water partition coefficient (Wildman–Crippen LogP) is 3.57. The van der Waals surface area contributed by atoms with Gasteiger partial charge < -0.3 is 5.32 Å². The molecular formula is C21H20FN3O3S. The van der Waals surface area contributed by atoms with Crippen LogP contribution in [0.5, 0.6) is 0 Å². The monoisotopic (exact) mass is 413 g/mol. The Bertz CT molecular complexity index is 1160. The molecule has 1 heterocycles. The van der Waals surface area contributed by atoms with Crippen molar-refractivity contribution in [2.45, 2.75) is 25.3 Å². The molecule has 0 unspecified atom stereocenters. The van der Waals surface area contributed by atoms with Crippen LogP contribution in [0.15, 0.2) is 65.7 Å². The van der Waals surface area contributed by atoms with Crippen LogP contribution >= 0.6 is 0 Å². The first-order valence-corrected chi connectivity index (χ1v) is 10.3. The Hall–Kier alpha value is -3.26. The molecule has 29 heavy (non-hydrogen) atoms. The van der Waals surface area contributed by atoms with Gasteiger partial charge in [0.05, 0.1) is 22.8 Å². The first-order chi connectivity index (χ1) is 13.8. The van der Waals surface area contributed by atoms with Crippen molar-refractivity contribution in [1.29, 1.82) is 0 Å². The third-order valence-electron chi connectivity index (χ3n) is 4.42. The molecule has 0 radical (unpaired) electrons. The smallest absolute Gasteiger partial charge is 0.262 e. The number of hydrogen-bond acceptors (Lipinski definition) is 4. The molecule has 0 bridgehead atoms. The van der Waals surface area contributed by atoms with E-state index >= 15 is 0 Å². The number of aryl methyl sites for hydroxylation is 2. The molecule has 0 spiro atoms. The molecule has 0 aliphatic rings. The van der Waals surface area contributed by atoms with Gasteiger partial charge in [0.2, 0.25) is 0 Å². The number of aromatic nitrogens is 1. The standard InChI is InChI=1S/C21H20FN3O3S/c1-14-9-10-16(29(27,28)25-19-8-4-3-7-18(19)22)12-17(14)21(26)24-13-20-15(2)6-5-11-23-20/h3-12,25H,13H2,1-2H3,(H,24,26). The summed E-state index contributed by atoms with van der Waals surface area (Å²) in [5, 5.41) is 2.76. The number of carbonyl (C=O) groups excluding carboxylic acids is 1. The largest absolute Gasteiger partial charge is 0.346 e. The minimum absolute atomic E-state index is 0.134. The number of amides is 1. The Balaban J connectivity index is 1.82. The number of pyridine rings is 1. The van der Waals surface area contributed by atoms with Crippen molar-refractivity contribution >= 4 is 21.6 Å². The third-order valence-corrected chi connectivity index (χ3v) is 5.78. The van der Waals surface area contributed by atoms with E-state index in [4.69, 9.17) is 0 Å². The van der Waals surface area contributed by atoms with Gasteiger partial charge in [-0.05, 0) is 55.3 Å². The second-order valence-corrected chi connectivity index (χ2v) is 8.19. The summed E-state index contributed by atoms with van der Waals surface area (Å²) in [4.78, 5) is 16.7. The number of sulfonamides is 1. The van der Waals surface area contributed by atoms with Gasteiger partial charge in [0.1, 0.15) is 5.82 Å². The second-order valence-electron chi connectivity index (χ2n) is 6.51. The first kappa shape index (κ1) is 20.5. The highest BCUT2D eigenvalue weighted by atomic mass is 32.2. The van der Waals surface area contributed by atoms with Crippen LogP contribution in [0.2, 0.25) is 0 Å². The molecule has 2 aromatic carbocycles. The Kier molecular flexibility index (Phi) is 5.93. The lowest BCUT2D eigenvalue weighted by atomic mass is 10.1. The lowest BCUT2D eigenvalue weighted by molar-refractivity contribution is 0.0949. The van der Waals surface area contributed by atoms with E-state index in [1.165, 1.54) is 36.4 Å². The molecular weight excluding hydrogens is 393 g/mol. The van der Waals surface area contributed by atoms with Crippen molar-refractivity contribution in [2.75, 3.05) is 4.72 Å². The van der Waals surface area contributed by atoms with Crippen LogP contribution in [0.3, 0.4) is 0 Å². The molecule has 0 aliphatic heterocycles. The van der Waals surface area contributed by atoms with E-state index in [1.54, 1.807) is 13.1 Å². The summed E-state index contributed by atoms with van der Waals surface area (Å²) in [6, 6.07) is 13.4. The van der Waals surface area contributed by atoms with E-state index in [0.29, 0.717) is 5.56 Å². The molecule has 0 saturated heterocycles. The molecule has 8 heteroatoms. The average molecular weight is 413 g/mol. The van der Waals surface area contributed by atoms with Gasteiger partial charge >= 0.3 is 0 Å². The van der Waals surface area contributed by atoms with Crippen LogP contribution in [0.4, 0.5) is 10.1 Å². The summed E-state index contributed by atoms with van der Waals surface area (Å²) in [7, 11) is -4.06. The van der Waals surface area contributed by atoms with Gasteiger partial charge in [-0.2, -0.15) is 0 Å². The number of halogens is 1. The van der Waals surface area contributed by atoms with Crippen molar-refractivity contribution in [3.05, 3.63) is 89.0 Å². The number of carbonyl (C=O) groups is 1. The number of nitrogens with zero attached hydrogens (tertiary/aromatic N) is 1. The van der Waals surface area contributed by atoms with Crippen molar-refractivity contribution < 1.29 is 17.6 Å². The highest BCUT2D eigenvalue weighted by Crippen LogP contribution is 2.21. The maximum absolute atomic E-state index is 13.8. The van der Waals surface area contributed by atoms with Gasteiger partial charge in [0.15, 0.2) is 0 Å². The number of benzene rings is 2. The Labute approximate surface area is 168 Å². The van der Waals surface area contributed by atoms with Crippen molar-refractivity contribution in [3.63, 3.8) is 0 Å². The summed E-state index contributed by atoms with van der Waals surface area (Å²) in [5.74, 6) is -1.11. The zero-order valence-electron chi connectivity index (χ0n) is 15.9. The van der Waals surface area contributed by atoms with Gasteiger partial charge in [0.25, 0.3) is 15.9 Å². The zero-order chi connectivity index (χ0) is 21.0. The predicted molar refractivity (Wildman–Crippen MR) is 109 cm³/mol. The van der Waals surface area contributed by atoms with Gasteiger partial charge in [-0.3, -0.25) is 14.5 Å². The normalized spacial score (nSPS) is 11.1. The summed E-state index contributed by atoms with van der Waals surface area (Å²) in [6.07, 6.45) is 1.64. The molecule has 6 nitrogen and oxygen atoms in total. The van der Waals surface area contributed by atoms with Crippen LogP contribution in [0, 0.1) is 19.7 Å². The SMILES string of the molecule is Cc1ccc(S(=O)(=O)Nc2ccccc2F)cc1C(=O)NCc1ncccc1C. The third kappa shape index (κ3) is 4.78. The average Bonchev–Trinajstić information content (AvgIpc) is 2.69. The fourth-order valence-corrected chi connectivity index (χ4v) is 3.82. The number of para-hydroxylation sites is 1. The molecule has 1 aromatic heterocycles. The second kappa shape index (κ2) is 8.40. The summed E-state index contributed by atoms with van der Waals surface area (Å²) in [6.45, 7) is 3.82. The lowest BCUT2D eigenvalue weighted by Crippen LogP contribution is -2.25. The van der Waals surface area contributed by atoms with Gasteiger partial charge in [-0.15, -0.1) is 0 Å². The van der Waals surface area contributed by atoms with Crippen LogP contribution in [-0.2, 0) is 16.6 Å². The quantitative estimate of drug-likeness (QED) is 0.647. The highest BCUT2D eigenvalue weighted by Gasteiger charge is 2.19. The molecule has 3 aromatic rings. The lowest BCUT2D eigenvalue weighted by Gasteiger charge is -2.12. The maximum atomic E-state index is 13.8. The molecule has 0 atom stereocenters. The number of hydrogen-bond donors (Lipinski definition) is 2. The van der Waals surface area contributed by atoms with Crippen molar-refractivity contribution in [1.82, 2.24) is 10.3 Å². The molecule has 0 fully saturated rings. The minimum atomic E-state index is -4.06. The van der Waals surface area contributed by atoms with E-state index in [2.05, 4.69) is 15.0 Å². The molecule has 3 rings (SSSR count). The summed E-state index contributed by atoms with van der Waals surface area (Å²) in [5.41, 5.74) is 2.34. The van der Waals surface area contributed by atoms with E-state index in [1.807, 2.05) is 19.1 Å². The molecule has 0 aliphatic carbocycles. The van der Waals surface area contributed by atoms with E-state index in [0.717, 1.165) is 17.3 Å². The van der Waals surface area contributed by atoms with Crippen LogP contribution in [0.1, 0.15) is 27.2 Å². The Morgan fingerprint density at radius 2 is 1.79 bits per heavy atom. The van der Waals surface area contributed by atoms with Crippen molar-refractivity contribution in [2.24, 2.45) is 0 Å². The maximum Gasteiger partial charge on any atom is 0.262 e. The number of nitrogens with one attached hydrogen (secondary N) is 2. The van der Waals surface area contributed by atoms with Gasteiger partial charge in [0, 0.05) is 11.8 Å². The van der Waals surface area contributed by atoms with E-state index in [9.17, 15) is 17.6 Å². The highest BCUT2D eigenvalue weighted by molar-refractivity contribution is 7.92. The fourth-order valence-electron chi connectivity index (χ4n) is 2.72. The van der Waals surface area contributed by atoms with Crippen LogP contribution < -0.4 is 10.0 Å². The molecule has 150 valence electrons. The van der Waals surface area contributed by atoms with Gasteiger partial charge in [-0.25, -0.2) is 12.8 Å². The molecule has 0 saturated carbocycles. The summed E-state index contributed by atoms with van der Waals surface area (Å²) < 4.78 is 41.3. The topological polar surface area (TPSA) is 88.2 Å². The Morgan fingerprint density at radius 1 is 1.03 bits per heavy atom. The Morgan fingerprint density at radius 3 is 2.52 bits per heavy atom. The number of anilines is 1. The fraction of sp³-hybridized carbons (Fsp3) is 0.143. The first-order valence-electron chi connectivity index (χ1n) is 8.84. The number of rotatable bonds is 6. The van der Waals surface area contributed by atoms with E-state index < -0.39 is 21.7 Å². The molecule has 1 amide bonds.